The predicted molar refractivity (Wildman–Crippen MR) is 110 cm³/mol. The minimum atomic E-state index is -0.0958. The molecule has 2 N–H and O–H groups in total. The van der Waals surface area contributed by atoms with Crippen LogP contribution in [0, 0.1) is 13.8 Å². The molecule has 0 atom stereocenters. The largest absolute Gasteiger partial charge is 0.487 e. The Morgan fingerprint density at radius 1 is 0.852 bits per heavy atom. The second-order valence-corrected chi connectivity index (χ2v) is 6.42. The Kier molecular flexibility index (Phi) is 6.10. The molecule has 0 saturated heterocycles. The summed E-state index contributed by atoms with van der Waals surface area (Å²) >= 11 is 0. The molecule has 138 valence electrons. The maximum Gasteiger partial charge on any atom is 0.243 e. The van der Waals surface area contributed by atoms with Gasteiger partial charge in [0.1, 0.15) is 12.4 Å². The van der Waals surface area contributed by atoms with Gasteiger partial charge in [0.05, 0.1) is 12.2 Å². The highest BCUT2D eigenvalue weighted by Crippen LogP contribution is 2.24. The van der Waals surface area contributed by atoms with E-state index in [4.69, 9.17) is 4.74 Å². The molecule has 0 radical (unpaired) electrons. The summed E-state index contributed by atoms with van der Waals surface area (Å²) in [5.41, 5.74) is 4.97. The third-order valence-electron chi connectivity index (χ3n) is 4.44. The van der Waals surface area contributed by atoms with Crippen molar-refractivity contribution >= 4 is 17.3 Å². The summed E-state index contributed by atoms with van der Waals surface area (Å²) in [5, 5.41) is 6.12. The maximum atomic E-state index is 12.3. The molecule has 0 spiro atoms. The number of anilines is 2. The first-order valence-corrected chi connectivity index (χ1v) is 8.99. The SMILES string of the molecule is Cc1cccc(NC(=O)CNc2ccccc2OCc2ccccc2)c1C. The van der Waals surface area contributed by atoms with E-state index >= 15 is 0 Å². The number of carbonyl (C=O) groups excluding carboxylic acids is 1. The standard InChI is InChI=1S/C23H24N2O2/c1-17-9-8-13-20(18(17)2)25-23(26)15-24-21-12-6-7-14-22(21)27-16-19-10-4-3-5-11-19/h3-14,24H,15-16H2,1-2H3,(H,25,26). The summed E-state index contributed by atoms with van der Waals surface area (Å²) in [4.78, 5) is 12.3. The number of aryl methyl sites for hydroxylation is 1. The highest BCUT2D eigenvalue weighted by atomic mass is 16.5. The van der Waals surface area contributed by atoms with Crippen LogP contribution in [0.25, 0.3) is 0 Å². The Labute approximate surface area is 160 Å². The highest BCUT2D eigenvalue weighted by Gasteiger charge is 2.08. The second-order valence-electron chi connectivity index (χ2n) is 6.42. The Hall–Kier alpha value is -3.27. The van der Waals surface area contributed by atoms with Gasteiger partial charge in [-0.05, 0) is 48.7 Å². The first-order chi connectivity index (χ1) is 13.1. The van der Waals surface area contributed by atoms with E-state index in [-0.39, 0.29) is 12.5 Å². The van der Waals surface area contributed by atoms with Gasteiger partial charge in [0, 0.05) is 5.69 Å². The zero-order valence-corrected chi connectivity index (χ0v) is 15.7. The molecule has 0 aliphatic carbocycles. The van der Waals surface area contributed by atoms with Crippen LogP contribution in [0.1, 0.15) is 16.7 Å². The number of para-hydroxylation sites is 2. The van der Waals surface area contributed by atoms with Gasteiger partial charge in [-0.25, -0.2) is 0 Å². The van der Waals surface area contributed by atoms with Gasteiger partial charge in [-0.15, -0.1) is 0 Å². The van der Waals surface area contributed by atoms with Crippen molar-refractivity contribution < 1.29 is 9.53 Å². The molecule has 0 aliphatic heterocycles. The summed E-state index contributed by atoms with van der Waals surface area (Å²) in [5.74, 6) is 0.627. The molecule has 3 aromatic carbocycles. The van der Waals surface area contributed by atoms with Crippen LogP contribution in [0.15, 0.2) is 72.8 Å². The molecule has 4 heteroatoms. The zero-order chi connectivity index (χ0) is 19.1. The van der Waals surface area contributed by atoms with Crippen molar-refractivity contribution in [3.8, 4) is 5.75 Å². The number of hydrogen-bond donors (Lipinski definition) is 2. The molecular weight excluding hydrogens is 336 g/mol. The van der Waals surface area contributed by atoms with E-state index in [0.717, 1.165) is 33.8 Å². The lowest BCUT2D eigenvalue weighted by Gasteiger charge is -2.14. The molecule has 0 bridgehead atoms. The van der Waals surface area contributed by atoms with Crippen molar-refractivity contribution in [2.45, 2.75) is 20.5 Å². The van der Waals surface area contributed by atoms with Gasteiger partial charge in [0.25, 0.3) is 0 Å². The Bertz CT molecular complexity index is 907. The zero-order valence-electron chi connectivity index (χ0n) is 15.7. The van der Waals surface area contributed by atoms with E-state index in [1.807, 2.05) is 86.6 Å². The molecule has 0 aliphatic rings. The number of hydrogen-bond acceptors (Lipinski definition) is 3. The molecule has 27 heavy (non-hydrogen) atoms. The lowest BCUT2D eigenvalue weighted by Crippen LogP contribution is -2.22. The van der Waals surface area contributed by atoms with E-state index in [2.05, 4.69) is 10.6 Å². The highest BCUT2D eigenvalue weighted by molar-refractivity contribution is 5.94. The van der Waals surface area contributed by atoms with Crippen LogP contribution in [0.5, 0.6) is 5.75 Å². The van der Waals surface area contributed by atoms with Gasteiger partial charge in [-0.3, -0.25) is 4.79 Å². The van der Waals surface area contributed by atoms with E-state index in [1.54, 1.807) is 0 Å². The Morgan fingerprint density at radius 3 is 2.37 bits per heavy atom. The van der Waals surface area contributed by atoms with Crippen molar-refractivity contribution in [1.82, 2.24) is 0 Å². The second kappa shape index (κ2) is 8.90. The molecule has 3 rings (SSSR count). The molecule has 0 unspecified atom stereocenters. The summed E-state index contributed by atoms with van der Waals surface area (Å²) < 4.78 is 5.91. The van der Waals surface area contributed by atoms with Crippen molar-refractivity contribution in [2.24, 2.45) is 0 Å². The van der Waals surface area contributed by atoms with Gasteiger partial charge < -0.3 is 15.4 Å². The number of amides is 1. The van der Waals surface area contributed by atoms with Gasteiger partial charge >= 0.3 is 0 Å². The van der Waals surface area contributed by atoms with Crippen LogP contribution in [0.3, 0.4) is 0 Å². The first-order valence-electron chi connectivity index (χ1n) is 8.99. The van der Waals surface area contributed by atoms with Gasteiger partial charge in [-0.1, -0.05) is 54.6 Å². The molecular formula is C23H24N2O2. The molecule has 0 fully saturated rings. The van der Waals surface area contributed by atoms with Crippen molar-refractivity contribution in [3.05, 3.63) is 89.5 Å². The monoisotopic (exact) mass is 360 g/mol. The molecule has 4 nitrogen and oxygen atoms in total. The van der Waals surface area contributed by atoms with Crippen LogP contribution in [-0.2, 0) is 11.4 Å². The summed E-state index contributed by atoms with van der Waals surface area (Å²) in [7, 11) is 0. The number of carbonyl (C=O) groups is 1. The Balaban J connectivity index is 1.59. The summed E-state index contributed by atoms with van der Waals surface area (Å²) in [6.07, 6.45) is 0. The lowest BCUT2D eigenvalue weighted by molar-refractivity contribution is -0.114. The van der Waals surface area contributed by atoms with Crippen LogP contribution in [0.2, 0.25) is 0 Å². The maximum absolute atomic E-state index is 12.3. The summed E-state index contributed by atoms with van der Waals surface area (Å²) in [6, 6.07) is 23.5. The lowest BCUT2D eigenvalue weighted by atomic mass is 10.1. The average Bonchev–Trinajstić information content (AvgIpc) is 2.70. The molecule has 3 aromatic rings. The number of benzene rings is 3. The molecule has 1 amide bonds. The van der Waals surface area contributed by atoms with Crippen molar-refractivity contribution in [2.75, 3.05) is 17.2 Å². The number of nitrogens with one attached hydrogen (secondary N) is 2. The minimum absolute atomic E-state index is 0.0958. The normalized spacial score (nSPS) is 10.3. The summed E-state index contributed by atoms with van der Waals surface area (Å²) in [6.45, 7) is 4.68. The van der Waals surface area contributed by atoms with Crippen molar-refractivity contribution in [3.63, 3.8) is 0 Å². The van der Waals surface area contributed by atoms with Gasteiger partial charge in [0.2, 0.25) is 5.91 Å². The Morgan fingerprint density at radius 2 is 1.56 bits per heavy atom. The molecule has 0 aromatic heterocycles. The predicted octanol–water partition coefficient (Wildman–Crippen LogP) is 4.93. The van der Waals surface area contributed by atoms with E-state index in [1.165, 1.54) is 0 Å². The van der Waals surface area contributed by atoms with E-state index < -0.39 is 0 Å². The van der Waals surface area contributed by atoms with E-state index in [0.29, 0.717) is 6.61 Å². The fourth-order valence-corrected chi connectivity index (χ4v) is 2.73. The van der Waals surface area contributed by atoms with E-state index in [9.17, 15) is 4.79 Å². The third kappa shape index (κ3) is 5.11. The van der Waals surface area contributed by atoms with Gasteiger partial charge in [-0.2, -0.15) is 0 Å². The fraction of sp³-hybridized carbons (Fsp3) is 0.174. The minimum Gasteiger partial charge on any atom is -0.487 e. The quantitative estimate of drug-likeness (QED) is 0.628. The average molecular weight is 360 g/mol. The fourth-order valence-electron chi connectivity index (χ4n) is 2.73. The van der Waals surface area contributed by atoms with Crippen LogP contribution in [0.4, 0.5) is 11.4 Å². The van der Waals surface area contributed by atoms with Crippen LogP contribution >= 0.6 is 0 Å². The topological polar surface area (TPSA) is 50.4 Å². The first kappa shape index (κ1) is 18.5. The smallest absolute Gasteiger partial charge is 0.243 e. The number of rotatable bonds is 7. The third-order valence-corrected chi connectivity index (χ3v) is 4.44. The van der Waals surface area contributed by atoms with Crippen LogP contribution in [-0.4, -0.2) is 12.5 Å². The van der Waals surface area contributed by atoms with Gasteiger partial charge in [0.15, 0.2) is 0 Å². The van der Waals surface area contributed by atoms with Crippen molar-refractivity contribution in [1.29, 1.82) is 0 Å². The molecule has 0 saturated carbocycles. The number of ether oxygens (including phenoxy) is 1. The van der Waals surface area contributed by atoms with Crippen LogP contribution < -0.4 is 15.4 Å². The molecule has 0 heterocycles.